The normalized spacial score (nSPS) is 11.4. The van der Waals surface area contributed by atoms with Gasteiger partial charge in [-0.1, -0.05) is 23.2 Å². The van der Waals surface area contributed by atoms with Crippen LogP contribution in [0.1, 0.15) is 6.92 Å². The van der Waals surface area contributed by atoms with Crippen molar-refractivity contribution in [3.05, 3.63) is 28.0 Å². The third-order valence-corrected chi connectivity index (χ3v) is 4.82. The lowest BCUT2D eigenvalue weighted by Crippen LogP contribution is -2.38. The first-order chi connectivity index (χ1) is 9.20. The van der Waals surface area contributed by atoms with E-state index in [0.717, 1.165) is 12.1 Å². The number of carbonyl (C=O) groups excluding carboxylic acids is 1. The lowest BCUT2D eigenvalue weighted by Gasteiger charge is -2.15. The third-order valence-electron chi connectivity index (χ3n) is 2.60. The molecule has 1 aromatic carbocycles. The number of hydrogen-bond donors (Lipinski definition) is 1. The average molecular weight is 343 g/mol. The molecule has 0 aliphatic carbocycles. The van der Waals surface area contributed by atoms with Gasteiger partial charge < -0.3 is 4.90 Å². The van der Waals surface area contributed by atoms with Crippen molar-refractivity contribution in [2.24, 2.45) is 0 Å². The molecule has 0 fully saturated rings. The van der Waals surface area contributed by atoms with Crippen molar-refractivity contribution in [2.45, 2.75) is 11.8 Å². The Morgan fingerprint density at radius 1 is 1.40 bits per heavy atom. The molecule has 1 aromatic rings. The van der Waals surface area contributed by atoms with Gasteiger partial charge in [0.05, 0.1) is 16.6 Å². The summed E-state index contributed by atoms with van der Waals surface area (Å²) >= 11 is 11.1. The van der Waals surface area contributed by atoms with Crippen molar-refractivity contribution in [3.8, 4) is 0 Å². The first-order valence-corrected chi connectivity index (χ1v) is 7.81. The van der Waals surface area contributed by atoms with E-state index in [-0.39, 0.29) is 5.02 Å². The zero-order chi connectivity index (χ0) is 15.5. The van der Waals surface area contributed by atoms with Crippen LogP contribution in [-0.4, -0.2) is 39.4 Å². The standard InChI is InChI=1S/C11H13Cl2FN2O3S/c1-3-16(2)9(17)6-15-20(18,19)8-5-4-7(12)11(14)10(8)13/h4-5,15H,3,6H2,1-2H3. The van der Waals surface area contributed by atoms with Crippen molar-refractivity contribution in [1.82, 2.24) is 9.62 Å². The number of amides is 1. The maximum atomic E-state index is 13.5. The van der Waals surface area contributed by atoms with Gasteiger partial charge in [-0.2, -0.15) is 0 Å². The summed E-state index contributed by atoms with van der Waals surface area (Å²) in [6, 6.07) is 2.15. The Bertz CT molecular complexity index is 622. The molecule has 0 aliphatic rings. The number of halogens is 3. The van der Waals surface area contributed by atoms with Crippen LogP contribution in [0.3, 0.4) is 0 Å². The Morgan fingerprint density at radius 2 is 2.00 bits per heavy atom. The molecule has 0 spiro atoms. The molecule has 0 atom stereocenters. The fourth-order valence-electron chi connectivity index (χ4n) is 1.26. The van der Waals surface area contributed by atoms with E-state index in [1.54, 1.807) is 6.92 Å². The minimum Gasteiger partial charge on any atom is -0.345 e. The van der Waals surface area contributed by atoms with Crippen LogP contribution in [0.2, 0.25) is 10.0 Å². The van der Waals surface area contributed by atoms with Crippen LogP contribution in [0.5, 0.6) is 0 Å². The fraction of sp³-hybridized carbons (Fsp3) is 0.364. The number of rotatable bonds is 5. The highest BCUT2D eigenvalue weighted by Crippen LogP contribution is 2.29. The molecule has 5 nitrogen and oxygen atoms in total. The van der Waals surface area contributed by atoms with Crippen molar-refractivity contribution < 1.29 is 17.6 Å². The number of nitrogens with one attached hydrogen (secondary N) is 1. The molecule has 112 valence electrons. The SMILES string of the molecule is CCN(C)C(=O)CNS(=O)(=O)c1ccc(Cl)c(F)c1Cl. The number of hydrogen-bond acceptors (Lipinski definition) is 3. The molecule has 0 bridgehead atoms. The molecule has 0 heterocycles. The van der Waals surface area contributed by atoms with Crippen LogP contribution in [0.15, 0.2) is 17.0 Å². The first kappa shape index (κ1) is 17.2. The zero-order valence-electron chi connectivity index (χ0n) is 10.8. The monoisotopic (exact) mass is 342 g/mol. The van der Waals surface area contributed by atoms with Gasteiger partial charge in [-0.05, 0) is 19.1 Å². The van der Waals surface area contributed by atoms with E-state index in [4.69, 9.17) is 23.2 Å². The average Bonchev–Trinajstić information content (AvgIpc) is 2.41. The molecule has 0 aliphatic heterocycles. The van der Waals surface area contributed by atoms with Crippen LogP contribution in [-0.2, 0) is 14.8 Å². The number of carbonyl (C=O) groups is 1. The second-order valence-corrected chi connectivity index (χ2v) is 6.43. The summed E-state index contributed by atoms with van der Waals surface area (Å²) in [6.07, 6.45) is 0. The molecule has 1 amide bonds. The van der Waals surface area contributed by atoms with Gasteiger partial charge in [0, 0.05) is 13.6 Å². The van der Waals surface area contributed by atoms with Gasteiger partial charge in [0.1, 0.15) is 4.90 Å². The Kier molecular flexibility index (Phi) is 5.76. The Morgan fingerprint density at radius 3 is 2.55 bits per heavy atom. The van der Waals surface area contributed by atoms with Crippen molar-refractivity contribution in [2.75, 3.05) is 20.1 Å². The van der Waals surface area contributed by atoms with Gasteiger partial charge in [0.15, 0.2) is 5.82 Å². The second kappa shape index (κ2) is 6.71. The summed E-state index contributed by atoms with van der Waals surface area (Å²) in [5.74, 6) is -1.44. The van der Waals surface area contributed by atoms with Crippen molar-refractivity contribution in [3.63, 3.8) is 0 Å². The quantitative estimate of drug-likeness (QED) is 0.831. The highest BCUT2D eigenvalue weighted by molar-refractivity contribution is 7.89. The van der Waals surface area contributed by atoms with Crippen molar-refractivity contribution in [1.29, 1.82) is 0 Å². The van der Waals surface area contributed by atoms with E-state index in [2.05, 4.69) is 4.72 Å². The topological polar surface area (TPSA) is 66.5 Å². The summed E-state index contributed by atoms with van der Waals surface area (Å²) < 4.78 is 39.4. The summed E-state index contributed by atoms with van der Waals surface area (Å²) in [7, 11) is -2.56. The van der Waals surface area contributed by atoms with E-state index in [9.17, 15) is 17.6 Å². The van der Waals surface area contributed by atoms with E-state index in [1.807, 2.05) is 0 Å². The number of nitrogens with zero attached hydrogens (tertiary/aromatic N) is 1. The third kappa shape index (κ3) is 3.82. The number of likely N-dealkylation sites (N-methyl/N-ethyl adjacent to an activating group) is 1. The zero-order valence-corrected chi connectivity index (χ0v) is 13.1. The van der Waals surface area contributed by atoms with Gasteiger partial charge in [0.2, 0.25) is 15.9 Å². The van der Waals surface area contributed by atoms with Crippen LogP contribution in [0.4, 0.5) is 4.39 Å². The van der Waals surface area contributed by atoms with Gasteiger partial charge in [0.25, 0.3) is 0 Å². The molecule has 1 rings (SSSR count). The van der Waals surface area contributed by atoms with E-state index >= 15 is 0 Å². The predicted molar refractivity (Wildman–Crippen MR) is 74.9 cm³/mol. The van der Waals surface area contributed by atoms with Crippen LogP contribution in [0.25, 0.3) is 0 Å². The van der Waals surface area contributed by atoms with Crippen LogP contribution in [0, 0.1) is 5.82 Å². The molecule has 9 heteroatoms. The summed E-state index contributed by atoms with van der Waals surface area (Å²) in [5.41, 5.74) is 0. The summed E-state index contributed by atoms with van der Waals surface area (Å²) in [4.78, 5) is 12.4. The second-order valence-electron chi connectivity index (χ2n) is 3.91. The highest BCUT2D eigenvalue weighted by Gasteiger charge is 2.23. The molecule has 20 heavy (non-hydrogen) atoms. The molecule has 0 radical (unpaired) electrons. The summed E-state index contributed by atoms with van der Waals surface area (Å²) in [5, 5.41) is -0.892. The number of benzene rings is 1. The van der Waals surface area contributed by atoms with E-state index in [0.29, 0.717) is 6.54 Å². The van der Waals surface area contributed by atoms with Crippen LogP contribution < -0.4 is 4.72 Å². The molecule has 0 saturated carbocycles. The fourth-order valence-corrected chi connectivity index (χ4v) is 2.98. The molecular weight excluding hydrogens is 330 g/mol. The van der Waals surface area contributed by atoms with Crippen molar-refractivity contribution >= 4 is 39.1 Å². The molecular formula is C11H13Cl2FN2O3S. The minimum atomic E-state index is -4.10. The lowest BCUT2D eigenvalue weighted by atomic mass is 10.3. The Hall–Kier alpha value is -0.890. The largest absolute Gasteiger partial charge is 0.345 e. The van der Waals surface area contributed by atoms with Crippen LogP contribution >= 0.6 is 23.2 Å². The van der Waals surface area contributed by atoms with E-state index in [1.165, 1.54) is 11.9 Å². The Labute approximate surface area is 126 Å². The van der Waals surface area contributed by atoms with Gasteiger partial charge in [-0.15, -0.1) is 0 Å². The number of sulfonamides is 1. The predicted octanol–water partition coefficient (Wildman–Crippen LogP) is 1.89. The van der Waals surface area contributed by atoms with Gasteiger partial charge in [-0.3, -0.25) is 4.79 Å². The maximum absolute atomic E-state index is 13.5. The van der Waals surface area contributed by atoms with Gasteiger partial charge >= 0.3 is 0 Å². The molecule has 0 unspecified atom stereocenters. The Balaban J connectivity index is 2.96. The minimum absolute atomic E-state index is 0.282. The van der Waals surface area contributed by atoms with E-state index < -0.39 is 38.2 Å². The lowest BCUT2D eigenvalue weighted by molar-refractivity contribution is -0.128. The first-order valence-electron chi connectivity index (χ1n) is 5.57. The van der Waals surface area contributed by atoms with Gasteiger partial charge in [-0.25, -0.2) is 17.5 Å². The molecule has 0 saturated heterocycles. The highest BCUT2D eigenvalue weighted by atomic mass is 35.5. The maximum Gasteiger partial charge on any atom is 0.242 e. The molecule has 0 aromatic heterocycles. The molecule has 1 N–H and O–H groups in total. The smallest absolute Gasteiger partial charge is 0.242 e. The summed E-state index contributed by atoms with van der Waals surface area (Å²) in [6.45, 7) is 1.75.